The molecular formula is C22H43NO5S. The van der Waals surface area contributed by atoms with Gasteiger partial charge in [-0.2, -0.15) is 0 Å². The molecule has 0 saturated heterocycles. The Kier molecular flexibility index (Phi) is 17.0. The van der Waals surface area contributed by atoms with Crippen LogP contribution >= 0.6 is 0 Å². The fourth-order valence-electron chi connectivity index (χ4n) is 3.27. The molecule has 1 amide bonds. The van der Waals surface area contributed by atoms with Crippen molar-refractivity contribution in [3.05, 3.63) is 0 Å². The number of aliphatic carboxylic acids is 1. The van der Waals surface area contributed by atoms with E-state index in [4.69, 9.17) is 5.11 Å². The molecule has 0 heterocycles. The summed E-state index contributed by atoms with van der Waals surface area (Å²) in [7, 11) is -3.24. The normalized spacial score (nSPS) is 12.6. The molecule has 29 heavy (non-hydrogen) atoms. The summed E-state index contributed by atoms with van der Waals surface area (Å²) in [6.07, 6.45) is 16.1. The van der Waals surface area contributed by atoms with Crippen LogP contribution in [-0.4, -0.2) is 42.9 Å². The number of carboxylic acids is 1. The average molecular weight is 434 g/mol. The third-order valence-corrected chi connectivity index (χ3v) is 7.04. The molecule has 0 fully saturated rings. The van der Waals surface area contributed by atoms with Crippen molar-refractivity contribution in [1.82, 2.24) is 5.32 Å². The van der Waals surface area contributed by atoms with E-state index in [1.54, 1.807) is 0 Å². The lowest BCUT2D eigenvalue weighted by molar-refractivity contribution is -0.141. The first-order valence-electron chi connectivity index (χ1n) is 11.5. The van der Waals surface area contributed by atoms with Crippen molar-refractivity contribution in [3.63, 3.8) is 0 Å². The molecular weight excluding hydrogens is 390 g/mol. The quantitative estimate of drug-likeness (QED) is 0.267. The van der Waals surface area contributed by atoms with Crippen LogP contribution in [0.2, 0.25) is 0 Å². The van der Waals surface area contributed by atoms with Crippen LogP contribution in [0.3, 0.4) is 0 Å². The summed E-state index contributed by atoms with van der Waals surface area (Å²) < 4.78 is 23.0. The standard InChI is InChI=1S/C22H43NO5S/c1-3-5-6-7-8-9-10-11-12-13-14-15-16-17-21(24)23-20(22(25)26)18-19-29(27,28)4-2/h20H,3-19H2,1-2H3,(H,23,24)(H,25,26). The monoisotopic (exact) mass is 433 g/mol. The third kappa shape index (κ3) is 17.5. The van der Waals surface area contributed by atoms with Crippen LogP contribution in [0.25, 0.3) is 0 Å². The maximum absolute atomic E-state index is 11.9. The number of unbranched alkanes of at least 4 members (excludes halogenated alkanes) is 12. The van der Waals surface area contributed by atoms with Gasteiger partial charge in [-0.05, 0) is 12.8 Å². The molecule has 172 valence electrons. The Morgan fingerprint density at radius 1 is 0.793 bits per heavy atom. The summed E-state index contributed by atoms with van der Waals surface area (Å²) in [5.41, 5.74) is 0. The predicted octanol–water partition coefficient (Wildman–Crippen LogP) is 4.86. The summed E-state index contributed by atoms with van der Waals surface area (Å²) in [6, 6.07) is -1.13. The van der Waals surface area contributed by atoms with E-state index in [1.165, 1.54) is 71.1 Å². The Morgan fingerprint density at radius 2 is 1.24 bits per heavy atom. The molecule has 0 radical (unpaired) electrons. The highest BCUT2D eigenvalue weighted by Crippen LogP contribution is 2.13. The molecule has 0 saturated carbocycles. The van der Waals surface area contributed by atoms with Crippen molar-refractivity contribution < 1.29 is 23.1 Å². The largest absolute Gasteiger partial charge is 0.480 e. The fourth-order valence-corrected chi connectivity index (χ4v) is 4.15. The van der Waals surface area contributed by atoms with Gasteiger partial charge < -0.3 is 10.4 Å². The smallest absolute Gasteiger partial charge is 0.326 e. The zero-order chi connectivity index (χ0) is 22.0. The lowest BCUT2D eigenvalue weighted by Crippen LogP contribution is -2.41. The van der Waals surface area contributed by atoms with Gasteiger partial charge in [0.25, 0.3) is 0 Å². The third-order valence-electron chi connectivity index (χ3n) is 5.30. The molecule has 0 aromatic rings. The number of carbonyl (C=O) groups is 2. The Labute approximate surface area is 178 Å². The molecule has 7 heteroatoms. The van der Waals surface area contributed by atoms with Crippen molar-refractivity contribution >= 4 is 21.7 Å². The Morgan fingerprint density at radius 3 is 1.66 bits per heavy atom. The first-order valence-corrected chi connectivity index (χ1v) is 13.4. The van der Waals surface area contributed by atoms with Crippen LogP contribution in [0.4, 0.5) is 0 Å². The van der Waals surface area contributed by atoms with Crippen LogP contribution in [0.5, 0.6) is 0 Å². The second kappa shape index (κ2) is 17.7. The molecule has 1 unspecified atom stereocenters. The van der Waals surface area contributed by atoms with Crippen molar-refractivity contribution in [3.8, 4) is 0 Å². The van der Waals surface area contributed by atoms with Gasteiger partial charge in [-0.3, -0.25) is 4.79 Å². The molecule has 2 N–H and O–H groups in total. The molecule has 0 rings (SSSR count). The molecule has 0 bridgehead atoms. The second-order valence-electron chi connectivity index (χ2n) is 7.98. The van der Waals surface area contributed by atoms with Crippen molar-refractivity contribution in [2.45, 2.75) is 116 Å². The van der Waals surface area contributed by atoms with Crippen molar-refractivity contribution in [1.29, 1.82) is 0 Å². The number of carbonyl (C=O) groups excluding carboxylic acids is 1. The van der Waals surface area contributed by atoms with E-state index in [-0.39, 0.29) is 23.8 Å². The van der Waals surface area contributed by atoms with Crippen LogP contribution < -0.4 is 5.32 Å². The summed E-state index contributed by atoms with van der Waals surface area (Å²) in [5.74, 6) is -1.74. The number of hydrogen-bond donors (Lipinski definition) is 2. The average Bonchev–Trinajstić information content (AvgIpc) is 2.68. The predicted molar refractivity (Wildman–Crippen MR) is 119 cm³/mol. The van der Waals surface area contributed by atoms with E-state index in [0.29, 0.717) is 6.42 Å². The Balaban J connectivity index is 3.68. The van der Waals surface area contributed by atoms with E-state index in [0.717, 1.165) is 19.3 Å². The van der Waals surface area contributed by atoms with Gasteiger partial charge in [-0.1, -0.05) is 90.9 Å². The van der Waals surface area contributed by atoms with Crippen LogP contribution in [0, 0.1) is 0 Å². The molecule has 0 aliphatic heterocycles. The van der Waals surface area contributed by atoms with E-state index in [1.807, 2.05) is 0 Å². The summed E-state index contributed by atoms with van der Waals surface area (Å²) >= 11 is 0. The first-order chi connectivity index (χ1) is 13.8. The van der Waals surface area contributed by atoms with Crippen molar-refractivity contribution in [2.75, 3.05) is 11.5 Å². The molecule has 0 aliphatic carbocycles. The number of rotatable bonds is 20. The SMILES string of the molecule is CCCCCCCCCCCCCCCC(=O)NC(CCS(=O)(=O)CC)C(=O)O. The van der Waals surface area contributed by atoms with Crippen LogP contribution in [0.1, 0.15) is 110 Å². The molecule has 0 aromatic carbocycles. The second-order valence-corrected chi connectivity index (χ2v) is 10.4. The Bertz CT molecular complexity index is 533. The zero-order valence-electron chi connectivity index (χ0n) is 18.6. The molecule has 6 nitrogen and oxygen atoms in total. The first kappa shape index (κ1) is 27.9. The number of hydrogen-bond acceptors (Lipinski definition) is 4. The van der Waals surface area contributed by atoms with Crippen LogP contribution in [0.15, 0.2) is 0 Å². The highest BCUT2D eigenvalue weighted by Gasteiger charge is 2.22. The van der Waals surface area contributed by atoms with Gasteiger partial charge >= 0.3 is 5.97 Å². The number of carboxylic acid groups (broad SMARTS) is 1. The molecule has 0 aromatic heterocycles. The van der Waals surface area contributed by atoms with E-state index in [2.05, 4.69) is 12.2 Å². The summed E-state index contributed by atoms with van der Waals surface area (Å²) in [6.45, 7) is 3.76. The lowest BCUT2D eigenvalue weighted by Gasteiger charge is -2.14. The van der Waals surface area contributed by atoms with Crippen molar-refractivity contribution in [2.24, 2.45) is 0 Å². The highest BCUT2D eigenvalue weighted by atomic mass is 32.2. The van der Waals surface area contributed by atoms with Gasteiger partial charge in [0.2, 0.25) is 5.91 Å². The fraction of sp³-hybridized carbons (Fsp3) is 0.909. The minimum atomic E-state index is -3.24. The van der Waals surface area contributed by atoms with E-state index >= 15 is 0 Å². The zero-order valence-corrected chi connectivity index (χ0v) is 19.4. The minimum absolute atomic E-state index is 0.0216. The van der Waals surface area contributed by atoms with Gasteiger partial charge in [0.05, 0.1) is 5.75 Å². The van der Waals surface area contributed by atoms with Gasteiger partial charge in [-0.25, -0.2) is 13.2 Å². The van der Waals surface area contributed by atoms with E-state index < -0.39 is 21.8 Å². The van der Waals surface area contributed by atoms with E-state index in [9.17, 15) is 18.0 Å². The van der Waals surface area contributed by atoms with Gasteiger partial charge in [0.15, 0.2) is 0 Å². The number of amides is 1. The number of sulfone groups is 1. The summed E-state index contributed by atoms with van der Waals surface area (Å²) in [5, 5.41) is 11.6. The summed E-state index contributed by atoms with van der Waals surface area (Å²) in [4.78, 5) is 23.1. The minimum Gasteiger partial charge on any atom is -0.480 e. The topological polar surface area (TPSA) is 101 Å². The maximum Gasteiger partial charge on any atom is 0.326 e. The number of nitrogens with one attached hydrogen (secondary N) is 1. The lowest BCUT2D eigenvalue weighted by atomic mass is 10.0. The molecule has 0 spiro atoms. The van der Waals surface area contributed by atoms with Gasteiger partial charge in [-0.15, -0.1) is 0 Å². The maximum atomic E-state index is 11.9. The highest BCUT2D eigenvalue weighted by molar-refractivity contribution is 7.91. The van der Waals surface area contributed by atoms with Crippen LogP contribution in [-0.2, 0) is 19.4 Å². The molecule has 1 atom stereocenters. The van der Waals surface area contributed by atoms with Gasteiger partial charge in [0, 0.05) is 12.2 Å². The molecule has 0 aliphatic rings. The van der Waals surface area contributed by atoms with Gasteiger partial charge in [0.1, 0.15) is 15.9 Å². The Hall–Kier alpha value is -1.11.